The molecule has 0 radical (unpaired) electrons. The fraction of sp³-hybridized carbons (Fsp3) is 0.579. The van der Waals surface area contributed by atoms with E-state index in [4.69, 9.17) is 25.8 Å². The Balaban J connectivity index is 2.06. The highest BCUT2D eigenvalue weighted by atomic mass is 35.5. The number of hydrogen-bond acceptors (Lipinski definition) is 7. The lowest BCUT2D eigenvalue weighted by atomic mass is 9.51. The zero-order valence-corrected chi connectivity index (χ0v) is 16.4. The van der Waals surface area contributed by atoms with E-state index in [2.05, 4.69) is 0 Å². The van der Waals surface area contributed by atoms with Crippen LogP contribution < -0.4 is 0 Å². The van der Waals surface area contributed by atoms with Gasteiger partial charge in [0.25, 0.3) is 0 Å². The van der Waals surface area contributed by atoms with Crippen molar-refractivity contribution in [2.75, 3.05) is 34.9 Å². The van der Waals surface area contributed by atoms with Crippen LogP contribution in [0.1, 0.15) is 12.8 Å². The molecule has 0 bridgehead atoms. The number of ketones is 2. The summed E-state index contributed by atoms with van der Waals surface area (Å²) in [5, 5.41) is 11.4. The van der Waals surface area contributed by atoms with Gasteiger partial charge in [0.15, 0.2) is 11.5 Å². The van der Waals surface area contributed by atoms with Crippen molar-refractivity contribution in [1.29, 1.82) is 0 Å². The minimum absolute atomic E-state index is 0.00767. The van der Waals surface area contributed by atoms with Crippen LogP contribution in [-0.2, 0) is 23.8 Å². The van der Waals surface area contributed by atoms with Gasteiger partial charge in [-0.15, -0.1) is 0 Å². The van der Waals surface area contributed by atoms with Crippen LogP contribution in [0.4, 0.5) is 0 Å². The van der Waals surface area contributed by atoms with E-state index >= 15 is 0 Å². The third kappa shape index (κ3) is 1.68. The summed E-state index contributed by atoms with van der Waals surface area (Å²) in [7, 11) is 6.17. The van der Waals surface area contributed by atoms with E-state index in [1.165, 1.54) is 27.4 Å². The molecule has 4 aliphatic rings. The minimum atomic E-state index is -1.48. The topological polar surface area (TPSA) is 85.3 Å². The number of carbonyl (C=O) groups excluding carboxylic acids is 2. The third-order valence-electron chi connectivity index (χ3n) is 6.93. The van der Waals surface area contributed by atoms with Gasteiger partial charge in [0.2, 0.25) is 11.5 Å². The van der Waals surface area contributed by atoms with Gasteiger partial charge < -0.3 is 19.3 Å². The lowest BCUT2D eigenvalue weighted by Gasteiger charge is -2.53. The van der Waals surface area contributed by atoms with Crippen LogP contribution in [0.3, 0.4) is 0 Å². The Morgan fingerprint density at radius 3 is 2.48 bits per heavy atom. The first-order chi connectivity index (χ1) is 12.8. The molecule has 1 aliphatic heterocycles. The van der Waals surface area contributed by atoms with Gasteiger partial charge >= 0.3 is 0 Å². The predicted octanol–water partition coefficient (Wildman–Crippen LogP) is 1.12. The molecule has 0 aromatic heterocycles. The van der Waals surface area contributed by atoms with Crippen LogP contribution in [0.5, 0.6) is 0 Å². The zero-order chi connectivity index (χ0) is 19.8. The zero-order valence-electron chi connectivity index (χ0n) is 15.7. The molecule has 1 fully saturated rings. The van der Waals surface area contributed by atoms with Crippen molar-refractivity contribution < 1.29 is 28.9 Å². The van der Waals surface area contributed by atoms with Crippen molar-refractivity contribution in [3.63, 3.8) is 0 Å². The molecule has 27 heavy (non-hydrogen) atoms. The number of allylic oxidation sites excluding steroid dienone is 2. The predicted molar refractivity (Wildman–Crippen MR) is 95.6 cm³/mol. The second-order valence-corrected chi connectivity index (χ2v) is 7.91. The van der Waals surface area contributed by atoms with Crippen LogP contribution in [0.2, 0.25) is 0 Å². The highest BCUT2D eigenvalue weighted by Crippen LogP contribution is 2.73. The summed E-state index contributed by atoms with van der Waals surface area (Å²) in [6.07, 6.45) is 2.26. The molecule has 7 nitrogen and oxygen atoms in total. The van der Waals surface area contributed by atoms with Crippen LogP contribution in [0.25, 0.3) is 0 Å². The van der Waals surface area contributed by atoms with Gasteiger partial charge in [-0.25, -0.2) is 0 Å². The molecule has 146 valence electrons. The first kappa shape index (κ1) is 18.5. The van der Waals surface area contributed by atoms with Crippen molar-refractivity contribution in [2.24, 2.45) is 10.8 Å². The number of halogens is 1. The highest BCUT2D eigenvalue weighted by molar-refractivity contribution is 6.34. The van der Waals surface area contributed by atoms with E-state index in [1.807, 2.05) is 11.9 Å². The highest BCUT2D eigenvalue weighted by Gasteiger charge is 2.81. The molecule has 1 spiro atoms. The number of ether oxygens (including phenoxy) is 3. The Morgan fingerprint density at radius 1 is 1.22 bits per heavy atom. The van der Waals surface area contributed by atoms with E-state index in [1.54, 1.807) is 6.08 Å². The molecule has 1 heterocycles. The number of hydrogen-bond donors (Lipinski definition) is 1. The molecule has 4 atom stereocenters. The van der Waals surface area contributed by atoms with Crippen molar-refractivity contribution >= 4 is 23.2 Å². The summed E-state index contributed by atoms with van der Waals surface area (Å²) < 4.78 is 16.3. The Morgan fingerprint density at radius 2 is 1.93 bits per heavy atom. The second kappa shape index (κ2) is 5.59. The second-order valence-electron chi connectivity index (χ2n) is 7.50. The number of methoxy groups -OCH3 is 3. The van der Waals surface area contributed by atoms with Crippen LogP contribution in [-0.4, -0.2) is 68.1 Å². The fourth-order valence-corrected chi connectivity index (χ4v) is 6.41. The van der Waals surface area contributed by atoms with Gasteiger partial charge in [0.05, 0.1) is 21.3 Å². The van der Waals surface area contributed by atoms with E-state index in [9.17, 15) is 14.7 Å². The van der Waals surface area contributed by atoms with Gasteiger partial charge in [0, 0.05) is 22.9 Å². The molecule has 0 aromatic rings. The van der Waals surface area contributed by atoms with Gasteiger partial charge in [-0.3, -0.25) is 14.5 Å². The van der Waals surface area contributed by atoms with Gasteiger partial charge in [-0.1, -0.05) is 11.6 Å². The smallest absolute Gasteiger partial charge is 0.202 e. The number of Topliss-reactive ketones (excluding diaryl/α,β-unsaturated/α-hetero) is 1. The Hall–Kier alpha value is -1.83. The summed E-state index contributed by atoms with van der Waals surface area (Å²) in [4.78, 5) is 28.3. The quantitative estimate of drug-likeness (QED) is 0.766. The number of nitrogens with zero attached hydrogens (tertiary/aromatic N) is 1. The van der Waals surface area contributed by atoms with Crippen LogP contribution >= 0.6 is 11.6 Å². The maximum Gasteiger partial charge on any atom is 0.202 e. The molecule has 8 heteroatoms. The number of aliphatic hydroxyl groups is 1. The average molecular weight is 396 g/mol. The minimum Gasteiger partial charge on any atom is -0.498 e. The molecule has 0 amide bonds. The number of rotatable bonds is 3. The molecule has 0 aromatic carbocycles. The number of aliphatic hydroxyl groups excluding tert-OH is 1. The molecule has 4 rings (SSSR count). The normalized spacial score (nSPS) is 40.9. The maximum absolute atomic E-state index is 13.3. The first-order valence-electron chi connectivity index (χ1n) is 8.72. The third-order valence-corrected chi connectivity index (χ3v) is 7.33. The summed E-state index contributed by atoms with van der Waals surface area (Å²) in [5.41, 5.74) is -3.45. The Labute approximate surface area is 162 Å². The van der Waals surface area contributed by atoms with E-state index in [0.29, 0.717) is 18.7 Å². The lowest BCUT2D eigenvalue weighted by Crippen LogP contribution is -2.63. The molecular weight excluding hydrogens is 374 g/mol. The summed E-state index contributed by atoms with van der Waals surface area (Å²) in [5.74, 6) is -0.0273. The van der Waals surface area contributed by atoms with Crippen molar-refractivity contribution in [2.45, 2.75) is 24.5 Å². The van der Waals surface area contributed by atoms with E-state index < -0.39 is 22.5 Å². The fourth-order valence-electron chi connectivity index (χ4n) is 5.88. The van der Waals surface area contributed by atoms with E-state index in [0.717, 1.165) is 0 Å². The summed E-state index contributed by atoms with van der Waals surface area (Å²) in [6.45, 7) is 0.599. The largest absolute Gasteiger partial charge is 0.498 e. The first-order valence-corrected chi connectivity index (χ1v) is 9.10. The number of carbonyl (C=O) groups is 2. The Bertz CT molecular complexity index is 847. The monoisotopic (exact) mass is 395 g/mol. The van der Waals surface area contributed by atoms with Gasteiger partial charge in [-0.05, 0) is 26.1 Å². The van der Waals surface area contributed by atoms with Crippen molar-refractivity contribution in [1.82, 2.24) is 4.90 Å². The summed E-state index contributed by atoms with van der Waals surface area (Å²) in [6, 6.07) is 0. The van der Waals surface area contributed by atoms with Gasteiger partial charge in [-0.2, -0.15) is 0 Å². The lowest BCUT2D eigenvalue weighted by molar-refractivity contribution is -0.145. The molecule has 1 saturated heterocycles. The van der Waals surface area contributed by atoms with Gasteiger partial charge in [0.1, 0.15) is 22.8 Å². The molecule has 0 saturated carbocycles. The maximum atomic E-state index is 13.3. The van der Waals surface area contributed by atoms with Crippen LogP contribution in [0.15, 0.2) is 34.5 Å². The molecule has 2 unspecified atom stereocenters. The Kier molecular flexibility index (Phi) is 3.84. The molecular formula is C19H22ClNO6. The van der Waals surface area contributed by atoms with Crippen molar-refractivity contribution in [3.8, 4) is 0 Å². The molecule has 3 aliphatic carbocycles. The van der Waals surface area contributed by atoms with Crippen molar-refractivity contribution in [3.05, 3.63) is 34.5 Å². The number of likely N-dealkylation sites (N-methyl/N-ethyl adjacent to an activating group) is 1. The van der Waals surface area contributed by atoms with E-state index in [-0.39, 0.29) is 34.5 Å². The summed E-state index contributed by atoms with van der Waals surface area (Å²) >= 11 is 6.71. The SMILES string of the molecule is COC1=CC(=O)C2(C(Cl)=C[C@@]34C(OC)=C(OC)C(=O)CC23CCN4C)[C@@H]1O. The van der Waals surface area contributed by atoms with Crippen LogP contribution in [0, 0.1) is 10.8 Å². The molecule has 1 N–H and O–H groups in total. The standard InChI is InChI=1S/C19H22ClNO6/c1-21-6-5-17-8-10(22)14(26-3)16(27-4)18(17,21)9-12(20)19(17)13(23)7-11(25-2)15(19)24/h7,9,15,24H,5-6,8H2,1-4H3/t15-,17?,18-,19?/m1/s1. The number of likely N-dealkylation sites (tertiary alicyclic amines) is 1. The average Bonchev–Trinajstić information content (AvgIpc) is 3.15.